The van der Waals surface area contributed by atoms with E-state index in [1.165, 1.54) is 6.07 Å². The van der Waals surface area contributed by atoms with Crippen molar-refractivity contribution in [1.82, 2.24) is 15.1 Å². The van der Waals surface area contributed by atoms with Gasteiger partial charge in [0.2, 0.25) is 10.0 Å². The van der Waals surface area contributed by atoms with E-state index in [9.17, 15) is 21.6 Å². The zero-order valence-corrected chi connectivity index (χ0v) is 17.7. The Bertz CT molecular complexity index is 1030. The lowest BCUT2D eigenvalue weighted by atomic mass is 10.0. The van der Waals surface area contributed by atoms with Gasteiger partial charge >= 0.3 is 6.18 Å². The quantitative estimate of drug-likeness (QED) is 0.737. The average Bonchev–Trinajstić information content (AvgIpc) is 2.61. The fourth-order valence-electron chi connectivity index (χ4n) is 3.47. The summed E-state index contributed by atoms with van der Waals surface area (Å²) >= 11 is 0. The number of hydrogen-bond acceptors (Lipinski definition) is 6. The van der Waals surface area contributed by atoms with Crippen molar-refractivity contribution in [2.24, 2.45) is 0 Å². The number of aromatic nitrogens is 2. The molecule has 30 heavy (non-hydrogen) atoms. The highest BCUT2D eigenvalue weighted by atomic mass is 32.2. The minimum absolute atomic E-state index is 0.198. The number of piperidine rings is 1. The number of benzene rings is 1. The lowest BCUT2D eigenvalue weighted by Crippen LogP contribution is -2.40. The van der Waals surface area contributed by atoms with Gasteiger partial charge in [0.15, 0.2) is 5.82 Å². The molecule has 1 aromatic carbocycles. The smallest absolute Gasteiger partial charge is 0.364 e. The molecule has 0 aliphatic carbocycles. The van der Waals surface area contributed by atoms with Gasteiger partial charge in [-0.05, 0) is 57.1 Å². The van der Waals surface area contributed by atoms with Crippen LogP contribution in [0.3, 0.4) is 0 Å². The van der Waals surface area contributed by atoms with Gasteiger partial charge in [-0.25, -0.2) is 8.42 Å². The Morgan fingerprint density at radius 3 is 2.53 bits per heavy atom. The van der Waals surface area contributed by atoms with Crippen molar-refractivity contribution >= 4 is 21.5 Å². The van der Waals surface area contributed by atoms with E-state index in [-0.39, 0.29) is 23.0 Å². The fourth-order valence-corrected chi connectivity index (χ4v) is 4.03. The van der Waals surface area contributed by atoms with Crippen LogP contribution in [0.1, 0.15) is 24.0 Å². The Morgan fingerprint density at radius 1 is 1.20 bits per heavy atom. The molecule has 11 heteroatoms. The molecule has 0 saturated carbocycles. The minimum atomic E-state index is -4.60. The molecule has 1 saturated heterocycles. The molecular weight excluding hydrogens is 419 g/mol. The van der Waals surface area contributed by atoms with Gasteiger partial charge in [-0.2, -0.15) is 13.2 Å². The largest absolute Gasteiger partial charge is 0.416 e. The summed E-state index contributed by atoms with van der Waals surface area (Å²) in [6.45, 7) is 3.75. The predicted molar refractivity (Wildman–Crippen MR) is 110 cm³/mol. The second kappa shape index (κ2) is 8.38. The molecule has 1 aliphatic rings. The maximum absolute atomic E-state index is 13.1. The maximum atomic E-state index is 13.1. The van der Waals surface area contributed by atoms with Gasteiger partial charge in [-0.1, -0.05) is 6.07 Å². The number of anilines is 2. The summed E-state index contributed by atoms with van der Waals surface area (Å²) in [6.07, 6.45) is -1.64. The number of nitrogens with zero attached hydrogens (tertiary/aromatic N) is 3. The molecule has 1 fully saturated rings. The van der Waals surface area contributed by atoms with Crippen molar-refractivity contribution in [3.05, 3.63) is 35.4 Å². The molecule has 0 radical (unpaired) electrons. The first-order chi connectivity index (χ1) is 13.9. The number of likely N-dealkylation sites (tertiary alicyclic amines) is 1. The van der Waals surface area contributed by atoms with E-state index in [0.717, 1.165) is 49.9 Å². The average molecular weight is 443 g/mol. The molecule has 1 atom stereocenters. The zero-order valence-electron chi connectivity index (χ0n) is 16.9. The van der Waals surface area contributed by atoms with Crippen LogP contribution in [-0.2, 0) is 16.2 Å². The Labute approximate surface area is 173 Å². The molecule has 2 heterocycles. The van der Waals surface area contributed by atoms with E-state index >= 15 is 0 Å². The van der Waals surface area contributed by atoms with E-state index < -0.39 is 21.8 Å². The third kappa shape index (κ3) is 5.60. The van der Waals surface area contributed by atoms with Gasteiger partial charge in [0.1, 0.15) is 0 Å². The molecule has 0 amide bonds. The van der Waals surface area contributed by atoms with E-state index in [1.54, 1.807) is 6.07 Å². The fraction of sp³-hybridized carbons (Fsp3) is 0.474. The number of aryl methyl sites for hydroxylation is 1. The van der Waals surface area contributed by atoms with Crippen molar-refractivity contribution in [3.8, 4) is 11.3 Å². The topological polar surface area (TPSA) is 87.2 Å². The number of likely N-dealkylation sites (N-methyl/N-ethyl adjacent to an activating group) is 1. The van der Waals surface area contributed by atoms with Crippen LogP contribution in [-0.4, -0.2) is 55.9 Å². The summed E-state index contributed by atoms with van der Waals surface area (Å²) in [5.74, 6) is 0.601. The Kier molecular flexibility index (Phi) is 6.23. The standard InChI is InChI=1S/C19H24F3N5O2S/c1-12-9-16(24-25-18(12)23-14-5-4-8-27(2)11-14)15-7-6-13(19(20,21)22)10-17(15)26-30(3,28)29/h6-7,9-10,14,26H,4-5,8,11H2,1-3H3,(H,23,25)/t14-/m1/s1. The van der Waals surface area contributed by atoms with Crippen molar-refractivity contribution in [2.75, 3.05) is 36.4 Å². The molecule has 0 bridgehead atoms. The number of nitrogens with one attached hydrogen (secondary N) is 2. The summed E-state index contributed by atoms with van der Waals surface area (Å²) in [5.41, 5.74) is 0.0996. The van der Waals surface area contributed by atoms with Gasteiger partial charge in [-0.15, -0.1) is 10.2 Å². The first-order valence-corrected chi connectivity index (χ1v) is 11.3. The van der Waals surface area contributed by atoms with Crippen LogP contribution in [0.4, 0.5) is 24.7 Å². The van der Waals surface area contributed by atoms with Crippen molar-refractivity contribution in [1.29, 1.82) is 0 Å². The third-order valence-electron chi connectivity index (χ3n) is 4.87. The maximum Gasteiger partial charge on any atom is 0.416 e. The summed E-state index contributed by atoms with van der Waals surface area (Å²) < 4.78 is 64.7. The first-order valence-electron chi connectivity index (χ1n) is 9.41. The van der Waals surface area contributed by atoms with Crippen LogP contribution in [0.2, 0.25) is 0 Å². The SMILES string of the molecule is Cc1cc(-c2ccc(C(F)(F)F)cc2NS(C)(=O)=O)nnc1N[C@@H]1CCCN(C)C1. The van der Waals surface area contributed by atoms with Gasteiger partial charge in [-0.3, -0.25) is 4.72 Å². The third-order valence-corrected chi connectivity index (χ3v) is 5.46. The highest BCUT2D eigenvalue weighted by molar-refractivity contribution is 7.92. The normalized spacial score (nSPS) is 18.3. The Morgan fingerprint density at radius 2 is 1.93 bits per heavy atom. The van der Waals surface area contributed by atoms with Crippen LogP contribution in [0.15, 0.2) is 24.3 Å². The number of sulfonamides is 1. The Hall–Kier alpha value is -2.40. The van der Waals surface area contributed by atoms with Crippen LogP contribution in [0.25, 0.3) is 11.3 Å². The van der Waals surface area contributed by atoms with Crippen molar-refractivity contribution < 1.29 is 21.6 Å². The summed E-state index contributed by atoms with van der Waals surface area (Å²) in [4.78, 5) is 2.23. The lowest BCUT2D eigenvalue weighted by Gasteiger charge is -2.30. The molecule has 164 valence electrons. The number of hydrogen-bond donors (Lipinski definition) is 2. The van der Waals surface area contributed by atoms with Gasteiger partial charge in [0, 0.05) is 18.2 Å². The molecule has 1 aromatic heterocycles. The minimum Gasteiger partial charge on any atom is -0.364 e. The number of rotatable bonds is 5. The predicted octanol–water partition coefficient (Wildman–Crippen LogP) is 3.35. The van der Waals surface area contributed by atoms with Crippen LogP contribution in [0.5, 0.6) is 0 Å². The van der Waals surface area contributed by atoms with Crippen LogP contribution < -0.4 is 10.0 Å². The van der Waals surface area contributed by atoms with Crippen molar-refractivity contribution in [3.63, 3.8) is 0 Å². The second-order valence-corrected chi connectivity index (χ2v) is 9.39. The number of halogens is 3. The van der Waals surface area contributed by atoms with E-state index in [4.69, 9.17) is 0 Å². The van der Waals surface area contributed by atoms with Gasteiger partial charge in [0.25, 0.3) is 0 Å². The molecular formula is C19H24F3N5O2S. The zero-order chi connectivity index (χ0) is 22.1. The van der Waals surface area contributed by atoms with E-state index in [2.05, 4.69) is 32.2 Å². The highest BCUT2D eigenvalue weighted by Gasteiger charge is 2.31. The second-order valence-electron chi connectivity index (χ2n) is 7.64. The van der Waals surface area contributed by atoms with E-state index in [1.807, 2.05) is 6.92 Å². The van der Waals surface area contributed by atoms with E-state index in [0.29, 0.717) is 5.82 Å². The van der Waals surface area contributed by atoms with Gasteiger partial charge < -0.3 is 10.2 Å². The molecule has 7 nitrogen and oxygen atoms in total. The summed E-state index contributed by atoms with van der Waals surface area (Å²) in [5, 5.41) is 11.7. The molecule has 1 aliphatic heterocycles. The molecule has 0 spiro atoms. The molecule has 0 unspecified atom stereocenters. The summed E-state index contributed by atoms with van der Waals surface area (Å²) in [6, 6.07) is 4.76. The van der Waals surface area contributed by atoms with Gasteiger partial charge in [0.05, 0.1) is 23.2 Å². The molecule has 2 aromatic rings. The molecule has 3 rings (SSSR count). The monoisotopic (exact) mass is 443 g/mol. The highest BCUT2D eigenvalue weighted by Crippen LogP contribution is 2.36. The summed E-state index contributed by atoms with van der Waals surface area (Å²) in [7, 11) is -1.74. The Balaban J connectivity index is 1.93. The first kappa shape index (κ1) is 22.3. The molecule has 2 N–H and O–H groups in total. The lowest BCUT2D eigenvalue weighted by molar-refractivity contribution is -0.137. The van der Waals surface area contributed by atoms with Crippen LogP contribution in [0, 0.1) is 6.92 Å². The van der Waals surface area contributed by atoms with Crippen LogP contribution >= 0.6 is 0 Å². The number of alkyl halides is 3. The van der Waals surface area contributed by atoms with Crippen molar-refractivity contribution in [2.45, 2.75) is 32.0 Å².